The lowest BCUT2D eigenvalue weighted by Crippen LogP contribution is -2.63. The summed E-state index contributed by atoms with van der Waals surface area (Å²) in [5.74, 6) is -0.766. The van der Waals surface area contributed by atoms with E-state index in [2.05, 4.69) is 10.0 Å². The van der Waals surface area contributed by atoms with E-state index in [0.29, 0.717) is 0 Å². The Labute approximate surface area is 149 Å². The lowest BCUT2D eigenvalue weighted by molar-refractivity contribution is -0.141. The average molecular weight is 387 g/mol. The molecule has 0 aliphatic carbocycles. The van der Waals surface area contributed by atoms with Crippen molar-refractivity contribution < 1.29 is 22.8 Å². The van der Waals surface area contributed by atoms with Crippen LogP contribution in [0, 0.1) is 0 Å². The van der Waals surface area contributed by atoms with Crippen LogP contribution in [-0.4, -0.2) is 68.3 Å². The molecule has 2 aliphatic heterocycles. The Hall–Kier alpha value is -2.17. The van der Waals surface area contributed by atoms with Crippen LogP contribution in [0.3, 0.4) is 0 Å². The summed E-state index contributed by atoms with van der Waals surface area (Å²) in [4.78, 5) is 37.6. The molecular formula is C14H15ClN4O5S. The average Bonchev–Trinajstić information content (AvgIpc) is 2.84. The number of nitrogens with zero attached hydrogens (tertiary/aromatic N) is 2. The Morgan fingerprint density at radius 3 is 2.64 bits per heavy atom. The number of hydrogen-bond acceptors (Lipinski definition) is 5. The number of carbonyl (C=O) groups excluding carboxylic acids is 3. The third kappa shape index (κ3) is 3.60. The minimum Gasteiger partial charge on any atom is -0.337 e. The van der Waals surface area contributed by atoms with Gasteiger partial charge in [-0.3, -0.25) is 14.5 Å². The third-order valence-electron chi connectivity index (χ3n) is 3.98. The van der Waals surface area contributed by atoms with Crippen LogP contribution in [0.1, 0.15) is 0 Å². The van der Waals surface area contributed by atoms with Crippen molar-refractivity contribution in [2.24, 2.45) is 0 Å². The van der Waals surface area contributed by atoms with Gasteiger partial charge in [0.05, 0.1) is 24.0 Å². The Kier molecular flexibility index (Phi) is 4.67. The largest absolute Gasteiger partial charge is 0.337 e. The number of nitrogens with one attached hydrogen (secondary N) is 2. The van der Waals surface area contributed by atoms with E-state index in [9.17, 15) is 22.8 Å². The van der Waals surface area contributed by atoms with Gasteiger partial charge in [0, 0.05) is 18.1 Å². The molecule has 2 fully saturated rings. The summed E-state index contributed by atoms with van der Waals surface area (Å²) >= 11 is 5.77. The standard InChI is InChI=1S/C14H15ClN4O5S/c15-9-2-1-3-11(4-9)25(23,24)17-6-12(20)18-7-10(8-18)19-13(21)5-16-14(19)22/h1-4,10,17H,5-8H2,(H,16,22). The van der Waals surface area contributed by atoms with Crippen molar-refractivity contribution in [1.82, 2.24) is 19.8 Å². The minimum absolute atomic E-state index is 0.0337. The van der Waals surface area contributed by atoms with Crippen LogP contribution in [0.15, 0.2) is 29.2 Å². The van der Waals surface area contributed by atoms with Crippen molar-refractivity contribution in [3.8, 4) is 0 Å². The summed E-state index contributed by atoms with van der Waals surface area (Å²) in [6.07, 6.45) is 0. The maximum Gasteiger partial charge on any atom is 0.324 e. The van der Waals surface area contributed by atoms with Crippen LogP contribution in [0.25, 0.3) is 0 Å². The molecule has 11 heteroatoms. The first-order valence-electron chi connectivity index (χ1n) is 7.41. The van der Waals surface area contributed by atoms with Crippen LogP contribution >= 0.6 is 11.6 Å². The highest BCUT2D eigenvalue weighted by molar-refractivity contribution is 7.89. The molecule has 25 heavy (non-hydrogen) atoms. The summed E-state index contributed by atoms with van der Waals surface area (Å²) < 4.78 is 26.5. The highest BCUT2D eigenvalue weighted by Crippen LogP contribution is 2.18. The molecule has 0 spiro atoms. The molecular weight excluding hydrogens is 372 g/mol. The molecule has 3 rings (SSSR count). The van der Waals surface area contributed by atoms with Gasteiger partial charge in [0.25, 0.3) is 0 Å². The Morgan fingerprint density at radius 1 is 1.32 bits per heavy atom. The van der Waals surface area contributed by atoms with Gasteiger partial charge in [-0.25, -0.2) is 17.9 Å². The molecule has 1 aromatic carbocycles. The van der Waals surface area contributed by atoms with E-state index in [0.717, 1.165) is 4.90 Å². The van der Waals surface area contributed by atoms with E-state index < -0.39 is 28.5 Å². The predicted octanol–water partition coefficient (Wildman–Crippen LogP) is -0.619. The van der Waals surface area contributed by atoms with Crippen LogP contribution < -0.4 is 10.0 Å². The van der Waals surface area contributed by atoms with Crippen LogP contribution in [0.5, 0.6) is 0 Å². The van der Waals surface area contributed by atoms with Gasteiger partial charge in [-0.2, -0.15) is 0 Å². The number of carbonyl (C=O) groups is 3. The van der Waals surface area contributed by atoms with Crippen molar-refractivity contribution in [2.75, 3.05) is 26.2 Å². The molecule has 0 aromatic heterocycles. The van der Waals surface area contributed by atoms with Crippen molar-refractivity contribution in [3.63, 3.8) is 0 Å². The first kappa shape index (κ1) is 17.6. The number of sulfonamides is 1. The molecule has 2 heterocycles. The second kappa shape index (κ2) is 6.62. The van der Waals surface area contributed by atoms with Crippen molar-refractivity contribution in [3.05, 3.63) is 29.3 Å². The van der Waals surface area contributed by atoms with Crippen LogP contribution in [0.4, 0.5) is 4.79 Å². The van der Waals surface area contributed by atoms with Gasteiger partial charge in [0.15, 0.2) is 0 Å². The number of urea groups is 1. The van der Waals surface area contributed by atoms with Gasteiger partial charge in [0.1, 0.15) is 0 Å². The van der Waals surface area contributed by atoms with Gasteiger partial charge in [-0.15, -0.1) is 0 Å². The molecule has 0 saturated carbocycles. The second-order valence-corrected chi connectivity index (χ2v) is 7.86. The summed E-state index contributed by atoms with van der Waals surface area (Å²) in [5, 5.41) is 2.68. The summed E-state index contributed by atoms with van der Waals surface area (Å²) in [5.41, 5.74) is 0. The number of hydrogen-bond donors (Lipinski definition) is 2. The number of benzene rings is 1. The number of rotatable bonds is 5. The molecule has 0 atom stereocenters. The highest BCUT2D eigenvalue weighted by Gasteiger charge is 2.42. The van der Waals surface area contributed by atoms with E-state index >= 15 is 0 Å². The Morgan fingerprint density at radius 2 is 2.04 bits per heavy atom. The molecule has 2 aliphatic rings. The van der Waals surface area contributed by atoms with E-state index in [-0.39, 0.29) is 41.5 Å². The molecule has 4 amide bonds. The Balaban J connectivity index is 1.52. The number of likely N-dealkylation sites (tertiary alicyclic amines) is 1. The quantitative estimate of drug-likeness (QED) is 0.654. The highest BCUT2D eigenvalue weighted by atomic mass is 35.5. The molecule has 0 unspecified atom stereocenters. The van der Waals surface area contributed by atoms with Gasteiger partial charge in [-0.1, -0.05) is 17.7 Å². The van der Waals surface area contributed by atoms with Crippen molar-refractivity contribution in [2.45, 2.75) is 10.9 Å². The third-order valence-corrected chi connectivity index (χ3v) is 5.61. The lowest BCUT2D eigenvalue weighted by atomic mass is 10.1. The van der Waals surface area contributed by atoms with E-state index in [1.165, 1.54) is 23.1 Å². The second-order valence-electron chi connectivity index (χ2n) is 5.66. The summed E-state index contributed by atoms with van der Waals surface area (Å²) in [6, 6.07) is 4.85. The van der Waals surface area contributed by atoms with Crippen LogP contribution in [-0.2, 0) is 19.6 Å². The number of amides is 4. The van der Waals surface area contributed by atoms with E-state index in [4.69, 9.17) is 11.6 Å². The number of imide groups is 1. The van der Waals surface area contributed by atoms with Crippen molar-refractivity contribution >= 4 is 39.5 Å². The molecule has 2 N–H and O–H groups in total. The molecule has 9 nitrogen and oxygen atoms in total. The molecule has 2 saturated heterocycles. The molecule has 0 bridgehead atoms. The molecule has 0 radical (unpaired) electrons. The van der Waals surface area contributed by atoms with Gasteiger partial charge < -0.3 is 10.2 Å². The zero-order valence-electron chi connectivity index (χ0n) is 12.9. The maximum atomic E-state index is 12.1. The van der Waals surface area contributed by atoms with E-state index in [1.807, 2.05) is 0 Å². The zero-order valence-corrected chi connectivity index (χ0v) is 14.5. The fourth-order valence-electron chi connectivity index (χ4n) is 2.61. The van der Waals surface area contributed by atoms with Gasteiger partial charge in [-0.05, 0) is 18.2 Å². The van der Waals surface area contributed by atoms with E-state index in [1.54, 1.807) is 6.07 Å². The van der Waals surface area contributed by atoms with Crippen LogP contribution in [0.2, 0.25) is 5.02 Å². The number of halogens is 1. The minimum atomic E-state index is -3.85. The molecule has 134 valence electrons. The SMILES string of the molecule is O=C(CNS(=O)(=O)c1cccc(Cl)c1)N1CC(N2C(=O)CNC2=O)C1. The fourth-order valence-corrected chi connectivity index (χ4v) is 3.89. The lowest BCUT2D eigenvalue weighted by Gasteiger charge is -2.42. The smallest absolute Gasteiger partial charge is 0.324 e. The Bertz CT molecular complexity index is 821. The first-order valence-corrected chi connectivity index (χ1v) is 9.27. The fraction of sp³-hybridized carbons (Fsp3) is 0.357. The topological polar surface area (TPSA) is 116 Å². The first-order chi connectivity index (χ1) is 11.8. The predicted molar refractivity (Wildman–Crippen MR) is 87.3 cm³/mol. The normalized spacial score (nSPS) is 18.3. The maximum absolute atomic E-state index is 12.1. The molecule has 1 aromatic rings. The summed E-state index contributed by atoms with van der Waals surface area (Å²) in [6.45, 7) is -0.0712. The monoisotopic (exact) mass is 386 g/mol. The van der Waals surface area contributed by atoms with Gasteiger partial charge in [0.2, 0.25) is 21.8 Å². The zero-order chi connectivity index (χ0) is 18.2. The van der Waals surface area contributed by atoms with Gasteiger partial charge >= 0.3 is 6.03 Å². The van der Waals surface area contributed by atoms with Crippen molar-refractivity contribution in [1.29, 1.82) is 0 Å². The summed E-state index contributed by atoms with van der Waals surface area (Å²) in [7, 11) is -3.85.